The summed E-state index contributed by atoms with van der Waals surface area (Å²) in [6.45, 7) is 5.73. The van der Waals surface area contributed by atoms with Crippen molar-refractivity contribution in [2.24, 2.45) is 4.99 Å². The Morgan fingerprint density at radius 3 is 2.74 bits per heavy atom. The maximum atomic E-state index is 12.5. The second-order valence-corrected chi connectivity index (χ2v) is 8.71. The number of hydrogen-bond donors (Lipinski definition) is 1. The second kappa shape index (κ2) is 9.98. The number of carbonyl (C=O) groups excluding carboxylic acids is 2. The Kier molecular flexibility index (Phi) is 6.83. The summed E-state index contributed by atoms with van der Waals surface area (Å²) in [7, 11) is 0. The van der Waals surface area contributed by atoms with Crippen molar-refractivity contribution in [3.8, 4) is 11.3 Å². The summed E-state index contributed by atoms with van der Waals surface area (Å²) >= 11 is 1.18. The van der Waals surface area contributed by atoms with Crippen molar-refractivity contribution in [3.63, 3.8) is 0 Å². The van der Waals surface area contributed by atoms with Gasteiger partial charge >= 0.3 is 5.97 Å². The normalized spacial score (nSPS) is 15.5. The van der Waals surface area contributed by atoms with Gasteiger partial charge in [-0.2, -0.15) is 0 Å². The molecule has 1 amide bonds. The van der Waals surface area contributed by atoms with Crippen molar-refractivity contribution in [3.05, 3.63) is 86.0 Å². The Bertz CT molecular complexity index is 1410. The van der Waals surface area contributed by atoms with Crippen molar-refractivity contribution in [2.75, 3.05) is 6.61 Å². The lowest BCUT2D eigenvalue weighted by atomic mass is 10.1. The number of carbonyl (C=O) groups is 2. The number of ether oxygens (including phenoxy) is 1. The molecule has 2 heterocycles. The van der Waals surface area contributed by atoms with Crippen LogP contribution in [-0.4, -0.2) is 28.6 Å². The number of hydrogen-bond acceptors (Lipinski definition) is 8. The number of benzene rings is 2. The third-order valence-electron chi connectivity index (χ3n) is 5.11. The Hall–Kier alpha value is -4.18. The number of nitrogens with zero attached hydrogens (tertiary/aromatic N) is 2. The topological polar surface area (TPSA) is 124 Å². The van der Waals surface area contributed by atoms with Crippen molar-refractivity contribution in [1.82, 2.24) is 5.32 Å². The Morgan fingerprint density at radius 2 is 2.00 bits per heavy atom. The van der Waals surface area contributed by atoms with E-state index in [0.717, 1.165) is 22.9 Å². The number of rotatable bonds is 6. The zero-order valence-electron chi connectivity index (χ0n) is 19.2. The number of nitro benzene ring substituents is 1. The lowest BCUT2D eigenvalue weighted by Crippen LogP contribution is -2.19. The van der Waals surface area contributed by atoms with E-state index in [2.05, 4.69) is 10.3 Å². The molecule has 0 saturated carbocycles. The molecular weight excluding hydrogens is 470 g/mol. The van der Waals surface area contributed by atoms with Gasteiger partial charge in [0.1, 0.15) is 11.5 Å². The van der Waals surface area contributed by atoms with Crippen LogP contribution in [0.1, 0.15) is 34.2 Å². The molecule has 1 aliphatic heterocycles. The quantitative estimate of drug-likeness (QED) is 0.208. The molecule has 1 fully saturated rings. The molecule has 178 valence electrons. The predicted molar refractivity (Wildman–Crippen MR) is 133 cm³/mol. The third kappa shape index (κ3) is 5.33. The molecule has 0 aliphatic carbocycles. The van der Waals surface area contributed by atoms with Crippen LogP contribution in [0, 0.1) is 24.0 Å². The molecule has 1 saturated heterocycles. The van der Waals surface area contributed by atoms with Crippen molar-refractivity contribution in [2.45, 2.75) is 20.8 Å². The molecule has 0 radical (unpaired) electrons. The number of esters is 1. The highest BCUT2D eigenvalue weighted by Gasteiger charge is 2.25. The van der Waals surface area contributed by atoms with Gasteiger partial charge in [0, 0.05) is 12.1 Å². The van der Waals surface area contributed by atoms with E-state index < -0.39 is 10.9 Å². The molecule has 35 heavy (non-hydrogen) atoms. The molecule has 4 rings (SSSR count). The summed E-state index contributed by atoms with van der Waals surface area (Å²) in [6.07, 6.45) is 1.55. The summed E-state index contributed by atoms with van der Waals surface area (Å²) < 4.78 is 10.7. The maximum Gasteiger partial charge on any atom is 0.338 e. The van der Waals surface area contributed by atoms with Crippen LogP contribution in [-0.2, 0) is 9.53 Å². The summed E-state index contributed by atoms with van der Waals surface area (Å²) in [5, 5.41) is 14.8. The van der Waals surface area contributed by atoms with E-state index in [1.165, 1.54) is 23.9 Å². The van der Waals surface area contributed by atoms with Gasteiger partial charge in [-0.1, -0.05) is 12.1 Å². The summed E-state index contributed by atoms with van der Waals surface area (Å²) in [5.74, 6) is -0.391. The molecule has 10 heteroatoms. The smallest absolute Gasteiger partial charge is 0.338 e. The SMILES string of the molecule is CCOC(=O)c1ccc(-c2ccc(/C=C3\SC(=Nc4cc(C)ccc4C)NC3=O)o2)c([N+](=O)[O-])c1. The number of aryl methyl sites for hydroxylation is 2. The largest absolute Gasteiger partial charge is 0.462 e. The molecule has 1 aromatic heterocycles. The van der Waals surface area contributed by atoms with E-state index in [1.54, 1.807) is 25.1 Å². The van der Waals surface area contributed by atoms with E-state index >= 15 is 0 Å². The maximum absolute atomic E-state index is 12.5. The highest BCUT2D eigenvalue weighted by molar-refractivity contribution is 8.18. The van der Waals surface area contributed by atoms with E-state index in [4.69, 9.17) is 9.15 Å². The number of amides is 1. The van der Waals surface area contributed by atoms with E-state index in [-0.39, 0.29) is 35.1 Å². The Morgan fingerprint density at radius 1 is 1.20 bits per heavy atom. The van der Waals surface area contributed by atoms with Gasteiger partial charge in [0.2, 0.25) is 0 Å². The molecule has 0 spiro atoms. The lowest BCUT2D eigenvalue weighted by Gasteiger charge is -2.04. The van der Waals surface area contributed by atoms with Crippen LogP contribution < -0.4 is 5.32 Å². The first-order valence-corrected chi connectivity index (χ1v) is 11.5. The molecule has 1 aliphatic rings. The first-order chi connectivity index (χ1) is 16.7. The van der Waals surface area contributed by atoms with E-state index in [0.29, 0.717) is 15.8 Å². The summed E-state index contributed by atoms with van der Waals surface area (Å²) in [5.41, 5.74) is 2.81. The van der Waals surface area contributed by atoms with Gasteiger partial charge < -0.3 is 14.5 Å². The molecule has 9 nitrogen and oxygen atoms in total. The second-order valence-electron chi connectivity index (χ2n) is 7.68. The molecule has 1 N–H and O–H groups in total. The summed E-state index contributed by atoms with van der Waals surface area (Å²) in [6, 6.07) is 13.1. The van der Waals surface area contributed by atoms with Crippen molar-refractivity contribution in [1.29, 1.82) is 0 Å². The lowest BCUT2D eigenvalue weighted by molar-refractivity contribution is -0.384. The third-order valence-corrected chi connectivity index (χ3v) is 6.02. The zero-order valence-corrected chi connectivity index (χ0v) is 20.0. The van der Waals surface area contributed by atoms with Gasteiger partial charge in [-0.05, 0) is 74.0 Å². The van der Waals surface area contributed by atoms with Crippen molar-refractivity contribution >= 4 is 46.3 Å². The minimum Gasteiger partial charge on any atom is -0.462 e. The highest BCUT2D eigenvalue weighted by atomic mass is 32.2. The monoisotopic (exact) mass is 491 g/mol. The van der Waals surface area contributed by atoms with Crippen LogP contribution in [0.25, 0.3) is 17.4 Å². The first-order valence-electron chi connectivity index (χ1n) is 10.7. The van der Waals surface area contributed by atoms with Gasteiger partial charge in [-0.3, -0.25) is 14.9 Å². The fourth-order valence-electron chi connectivity index (χ4n) is 3.37. The minimum atomic E-state index is -0.644. The van der Waals surface area contributed by atoms with Crippen LogP contribution in [0.2, 0.25) is 0 Å². The van der Waals surface area contributed by atoms with E-state index in [1.807, 2.05) is 32.0 Å². The molecular formula is C25H21N3O6S. The average molecular weight is 492 g/mol. The van der Waals surface area contributed by atoms with Crippen LogP contribution in [0.4, 0.5) is 11.4 Å². The first kappa shape index (κ1) is 24.0. The molecule has 2 aromatic carbocycles. The van der Waals surface area contributed by atoms with Gasteiger partial charge in [-0.15, -0.1) is 0 Å². The van der Waals surface area contributed by atoms with Crippen LogP contribution in [0.15, 0.2) is 62.8 Å². The average Bonchev–Trinajstić information content (AvgIpc) is 3.42. The molecule has 3 aromatic rings. The van der Waals surface area contributed by atoms with Gasteiger partial charge in [0.05, 0.1) is 33.2 Å². The van der Waals surface area contributed by atoms with E-state index in [9.17, 15) is 19.7 Å². The number of aliphatic imine (C=N–C) groups is 1. The molecule has 0 atom stereocenters. The highest BCUT2D eigenvalue weighted by Crippen LogP contribution is 2.34. The van der Waals surface area contributed by atoms with Crippen LogP contribution >= 0.6 is 11.8 Å². The van der Waals surface area contributed by atoms with Gasteiger partial charge in [0.15, 0.2) is 5.17 Å². The van der Waals surface area contributed by atoms with Gasteiger partial charge in [0.25, 0.3) is 11.6 Å². The van der Waals surface area contributed by atoms with Crippen molar-refractivity contribution < 1.29 is 23.7 Å². The predicted octanol–water partition coefficient (Wildman–Crippen LogP) is 5.54. The molecule has 0 unspecified atom stereocenters. The number of furan rings is 1. The molecule has 0 bridgehead atoms. The van der Waals surface area contributed by atoms with Gasteiger partial charge in [-0.25, -0.2) is 9.79 Å². The fraction of sp³-hybridized carbons (Fsp3) is 0.160. The minimum absolute atomic E-state index is 0.0749. The number of thioether (sulfide) groups is 1. The van der Waals surface area contributed by atoms with Crippen LogP contribution in [0.5, 0.6) is 0 Å². The zero-order chi connectivity index (χ0) is 25.1. The Labute approximate surface area is 205 Å². The number of nitrogens with one attached hydrogen (secondary N) is 1. The number of amidine groups is 1. The standard InChI is InChI=1S/C25H21N3O6S/c1-4-33-24(30)16-7-9-18(20(12-16)28(31)32)21-10-8-17(34-21)13-22-23(29)27-25(35-22)26-19-11-14(2)5-6-15(19)3/h5-13H,4H2,1-3H3,(H,26,27,29)/b22-13-. The summed E-state index contributed by atoms with van der Waals surface area (Å²) in [4.78, 5) is 40.3. The fourth-order valence-corrected chi connectivity index (χ4v) is 4.18. The Balaban J connectivity index is 1.59. The number of nitro groups is 1. The van der Waals surface area contributed by atoms with Crippen LogP contribution in [0.3, 0.4) is 0 Å².